The number of aliphatic hydroxyl groups excluding tert-OH is 3. The topological polar surface area (TPSA) is 205 Å². The molecular weight excluding hydrogens is 466 g/mol. The molecule has 0 fully saturated rings. The molecule has 0 aliphatic carbocycles. The molecule has 8 N–H and O–H groups in total. The summed E-state index contributed by atoms with van der Waals surface area (Å²) in [4.78, 5) is 31.0. The Morgan fingerprint density at radius 2 is 0.969 bits per heavy atom. The van der Waals surface area contributed by atoms with Crippen LogP contribution >= 0.6 is 15.6 Å². The second-order valence-corrected chi connectivity index (χ2v) is 9.79. The Balaban J connectivity index is 0.000000482. The van der Waals surface area contributed by atoms with Crippen molar-refractivity contribution in [2.24, 2.45) is 5.41 Å². The van der Waals surface area contributed by atoms with Crippen LogP contribution in [-0.4, -0.2) is 65.4 Å². The molecule has 0 aliphatic heterocycles. The second-order valence-electron chi connectivity index (χ2n) is 7.17. The maximum Gasteiger partial charge on any atom is 0.478 e. The first kappa shape index (κ1) is 28.6. The predicted octanol–water partition coefficient (Wildman–Crippen LogP) is 0.355. The number of hydrogen-bond donors (Lipinski definition) is 8. The highest BCUT2D eigenvalue weighted by atomic mass is 31.3. The van der Waals surface area contributed by atoms with E-state index in [2.05, 4.69) is 4.31 Å². The number of aliphatic hydroxyl groups is 4. The van der Waals surface area contributed by atoms with Crippen LogP contribution < -0.4 is 0 Å². The highest BCUT2D eigenvalue weighted by Crippen LogP contribution is 2.53. The number of hydrogen-bond acceptors (Lipinski definition) is 7. The zero-order chi connectivity index (χ0) is 24.5. The fourth-order valence-electron chi connectivity index (χ4n) is 3.03. The summed E-state index contributed by atoms with van der Waals surface area (Å²) in [7, 11) is -10.1. The molecule has 0 spiro atoms. The van der Waals surface area contributed by atoms with Gasteiger partial charge in [-0.2, -0.15) is 4.31 Å². The molecule has 11 nitrogen and oxygen atoms in total. The van der Waals surface area contributed by atoms with Crippen molar-refractivity contribution in [2.75, 3.05) is 19.8 Å². The summed E-state index contributed by atoms with van der Waals surface area (Å²) in [5, 5.41) is 40.7. The number of phosphoric acid groups is 2. The van der Waals surface area contributed by atoms with E-state index < -0.39 is 46.5 Å². The monoisotopic (exact) mass is 494 g/mol. The summed E-state index contributed by atoms with van der Waals surface area (Å²) < 4.78 is 22.2. The van der Waals surface area contributed by atoms with Crippen LogP contribution in [0.5, 0.6) is 0 Å². The van der Waals surface area contributed by atoms with Crippen molar-refractivity contribution >= 4 is 15.6 Å². The second kappa shape index (κ2) is 12.1. The molecule has 0 radical (unpaired) electrons. The quantitative estimate of drug-likeness (QED) is 0.212. The predicted molar refractivity (Wildman–Crippen MR) is 114 cm³/mol. The molecule has 0 unspecified atom stereocenters. The normalized spacial score (nSPS) is 12.8. The minimum absolute atomic E-state index is 0.227. The van der Waals surface area contributed by atoms with Crippen molar-refractivity contribution in [1.29, 1.82) is 0 Å². The molecule has 2 rings (SSSR count). The summed E-state index contributed by atoms with van der Waals surface area (Å²) in [5.74, 6) is 0. The van der Waals surface area contributed by atoms with Crippen molar-refractivity contribution in [1.82, 2.24) is 0 Å². The van der Waals surface area contributed by atoms with Crippen LogP contribution in [0.1, 0.15) is 11.1 Å². The molecule has 0 aliphatic rings. The van der Waals surface area contributed by atoms with Gasteiger partial charge in [-0.25, -0.2) is 9.13 Å². The summed E-state index contributed by atoms with van der Waals surface area (Å²) in [6.07, 6.45) is 0.453. The molecule has 0 amide bonds. The highest BCUT2D eigenvalue weighted by molar-refractivity contribution is 7.60. The maximum absolute atomic E-state index is 11.3. The third-order valence-electron chi connectivity index (χ3n) is 4.79. The fraction of sp³-hybridized carbons (Fsp3) is 0.368. The van der Waals surface area contributed by atoms with E-state index in [1.54, 1.807) is 0 Å². The SMILES string of the molecule is O=P(O)(O)OP(=O)(O)O.OCC(CO)(CO)C(O)(Cc1ccccc1)Cc1ccccc1. The Hall–Kier alpha value is -1.46. The molecule has 0 bridgehead atoms. The van der Waals surface area contributed by atoms with E-state index in [-0.39, 0.29) is 12.8 Å². The van der Waals surface area contributed by atoms with E-state index in [0.29, 0.717) is 0 Å². The van der Waals surface area contributed by atoms with Gasteiger partial charge in [-0.15, -0.1) is 0 Å². The van der Waals surface area contributed by atoms with Gasteiger partial charge in [0.2, 0.25) is 0 Å². The fourth-order valence-corrected chi connectivity index (χ4v) is 4.14. The number of benzene rings is 2. The van der Waals surface area contributed by atoms with Crippen molar-refractivity contribution in [3.8, 4) is 0 Å². The summed E-state index contributed by atoms with van der Waals surface area (Å²) in [5.41, 5.74) is -1.11. The van der Waals surface area contributed by atoms with Crippen LogP contribution in [0.25, 0.3) is 0 Å². The van der Waals surface area contributed by atoms with Gasteiger partial charge in [0.1, 0.15) is 0 Å². The smallest absolute Gasteiger partial charge is 0.395 e. The molecule has 13 heteroatoms. The van der Waals surface area contributed by atoms with Crippen LogP contribution in [0.15, 0.2) is 60.7 Å². The third-order valence-corrected chi connectivity index (χ3v) is 6.49. The Morgan fingerprint density at radius 3 is 1.19 bits per heavy atom. The van der Waals surface area contributed by atoms with Gasteiger partial charge in [-0.3, -0.25) is 0 Å². The summed E-state index contributed by atoms with van der Waals surface area (Å²) >= 11 is 0. The van der Waals surface area contributed by atoms with Gasteiger partial charge in [0.05, 0.1) is 30.8 Å². The van der Waals surface area contributed by atoms with E-state index in [9.17, 15) is 29.6 Å². The molecule has 0 atom stereocenters. The Kier molecular flexibility index (Phi) is 10.8. The summed E-state index contributed by atoms with van der Waals surface area (Å²) in [6.45, 7) is -1.51. The lowest BCUT2D eigenvalue weighted by Gasteiger charge is -2.44. The van der Waals surface area contributed by atoms with Crippen LogP contribution in [0, 0.1) is 5.41 Å². The van der Waals surface area contributed by atoms with E-state index in [1.807, 2.05) is 60.7 Å². The average Bonchev–Trinajstić information content (AvgIpc) is 2.69. The van der Waals surface area contributed by atoms with Crippen LogP contribution in [0.4, 0.5) is 0 Å². The van der Waals surface area contributed by atoms with Gasteiger partial charge in [-0.05, 0) is 11.1 Å². The Morgan fingerprint density at radius 1 is 0.656 bits per heavy atom. The van der Waals surface area contributed by atoms with Crippen molar-refractivity contribution in [2.45, 2.75) is 18.4 Å². The molecule has 2 aromatic carbocycles. The van der Waals surface area contributed by atoms with Crippen LogP contribution in [0.3, 0.4) is 0 Å². The molecule has 0 heterocycles. The van der Waals surface area contributed by atoms with Gasteiger partial charge < -0.3 is 40.0 Å². The van der Waals surface area contributed by atoms with E-state index in [0.717, 1.165) is 11.1 Å². The molecule has 0 saturated carbocycles. The van der Waals surface area contributed by atoms with Gasteiger partial charge in [0.25, 0.3) is 0 Å². The van der Waals surface area contributed by atoms with Crippen molar-refractivity contribution in [3.63, 3.8) is 0 Å². The summed E-state index contributed by atoms with van der Waals surface area (Å²) in [6, 6.07) is 18.8. The van der Waals surface area contributed by atoms with Crippen molar-refractivity contribution < 1.29 is 53.4 Å². The molecule has 2 aromatic rings. The van der Waals surface area contributed by atoms with E-state index in [4.69, 9.17) is 19.6 Å². The van der Waals surface area contributed by atoms with Gasteiger partial charge in [0.15, 0.2) is 0 Å². The minimum atomic E-state index is -5.05. The lowest BCUT2D eigenvalue weighted by Crippen LogP contribution is -2.58. The molecule has 32 heavy (non-hydrogen) atoms. The number of rotatable bonds is 10. The third kappa shape index (κ3) is 9.19. The van der Waals surface area contributed by atoms with Crippen molar-refractivity contribution in [3.05, 3.63) is 71.8 Å². The first-order valence-corrected chi connectivity index (χ1v) is 12.3. The van der Waals surface area contributed by atoms with E-state index >= 15 is 0 Å². The molecule has 0 saturated heterocycles. The van der Waals surface area contributed by atoms with Crippen LogP contribution in [-0.2, 0) is 26.3 Å². The maximum atomic E-state index is 11.3. The molecule has 180 valence electrons. The standard InChI is InChI=1S/C19H24O4.H4O7P2/c20-13-18(14-21,15-22)19(23,11-16-7-3-1-4-8-16)12-17-9-5-2-6-10-17;1-8(2,3)7-9(4,5)6/h1-10,20-23H,11-15H2;(H2,1,2,3)(H2,4,5,6). The Labute approximate surface area is 185 Å². The highest BCUT2D eigenvalue weighted by Gasteiger charge is 2.49. The zero-order valence-electron chi connectivity index (χ0n) is 17.0. The van der Waals surface area contributed by atoms with Gasteiger partial charge in [-0.1, -0.05) is 60.7 Å². The first-order valence-electron chi connectivity index (χ1n) is 9.25. The minimum Gasteiger partial charge on any atom is -0.395 e. The lowest BCUT2D eigenvalue weighted by molar-refractivity contribution is -0.152. The van der Waals surface area contributed by atoms with Gasteiger partial charge >= 0.3 is 15.6 Å². The average molecular weight is 494 g/mol. The van der Waals surface area contributed by atoms with E-state index in [1.165, 1.54) is 0 Å². The Bertz CT molecular complexity index is 822. The van der Waals surface area contributed by atoms with Gasteiger partial charge in [0, 0.05) is 12.8 Å². The molecular formula is C19H28O11P2. The zero-order valence-corrected chi connectivity index (χ0v) is 18.8. The van der Waals surface area contributed by atoms with Crippen LogP contribution in [0.2, 0.25) is 0 Å². The lowest BCUT2D eigenvalue weighted by atomic mass is 9.67. The molecule has 0 aromatic heterocycles. The largest absolute Gasteiger partial charge is 0.478 e. The first-order chi connectivity index (χ1) is 14.8.